The molecule has 0 bridgehead atoms. The summed E-state index contributed by atoms with van der Waals surface area (Å²) in [6.07, 6.45) is 9.37. The van der Waals surface area contributed by atoms with Crippen LogP contribution in [-0.2, 0) is 4.74 Å². The van der Waals surface area contributed by atoms with E-state index in [4.69, 9.17) is 19.2 Å². The molecule has 4 rings (SSSR count). The van der Waals surface area contributed by atoms with Crippen LogP contribution >= 0.6 is 0 Å². The third-order valence-corrected chi connectivity index (χ3v) is 5.67. The molecular weight excluding hydrogens is 380 g/mol. The van der Waals surface area contributed by atoms with Gasteiger partial charge in [0.2, 0.25) is 17.7 Å². The Morgan fingerprint density at radius 1 is 1.07 bits per heavy atom. The van der Waals surface area contributed by atoms with Crippen LogP contribution in [0.1, 0.15) is 52.9 Å². The van der Waals surface area contributed by atoms with Crippen LogP contribution in [0.25, 0.3) is 11.1 Å². The Morgan fingerprint density at radius 3 is 2.57 bits per heavy atom. The molecule has 162 valence electrons. The Labute approximate surface area is 178 Å². The van der Waals surface area contributed by atoms with Gasteiger partial charge in [-0.25, -0.2) is 9.97 Å². The first-order chi connectivity index (χ1) is 14.6. The second-order valence-corrected chi connectivity index (χ2v) is 8.67. The number of nitrogens with zero attached hydrogens (tertiary/aromatic N) is 3. The molecule has 0 amide bonds. The predicted octanol–water partition coefficient (Wildman–Crippen LogP) is 4.48. The molecule has 2 fully saturated rings. The molecule has 1 saturated carbocycles. The van der Waals surface area contributed by atoms with Gasteiger partial charge >= 0.3 is 0 Å². The van der Waals surface area contributed by atoms with Crippen LogP contribution in [0.4, 0.5) is 5.95 Å². The zero-order valence-corrected chi connectivity index (χ0v) is 18.1. The van der Waals surface area contributed by atoms with Crippen molar-refractivity contribution in [1.29, 1.82) is 0 Å². The zero-order valence-electron chi connectivity index (χ0n) is 18.1. The fourth-order valence-electron chi connectivity index (χ4n) is 3.93. The first-order valence-corrected chi connectivity index (χ1v) is 11.1. The Balaban J connectivity index is 1.55. The number of aromatic nitrogens is 3. The maximum absolute atomic E-state index is 6.23. The van der Waals surface area contributed by atoms with Crippen LogP contribution in [0.3, 0.4) is 0 Å². The highest BCUT2D eigenvalue weighted by atomic mass is 16.5. The van der Waals surface area contributed by atoms with Crippen LogP contribution < -0.4 is 14.8 Å². The van der Waals surface area contributed by atoms with E-state index in [1.54, 1.807) is 6.20 Å². The van der Waals surface area contributed by atoms with E-state index in [1.807, 2.05) is 32.2 Å². The van der Waals surface area contributed by atoms with Crippen molar-refractivity contribution in [2.45, 2.75) is 71.1 Å². The van der Waals surface area contributed by atoms with Gasteiger partial charge in [-0.15, -0.1) is 0 Å². The lowest BCUT2D eigenvalue weighted by Crippen LogP contribution is -2.26. The van der Waals surface area contributed by atoms with E-state index in [2.05, 4.69) is 22.2 Å². The average Bonchev–Trinajstić information content (AvgIpc) is 3.23. The molecule has 1 saturated heterocycles. The van der Waals surface area contributed by atoms with Crippen molar-refractivity contribution in [1.82, 2.24) is 15.0 Å². The van der Waals surface area contributed by atoms with Crippen molar-refractivity contribution in [3.05, 3.63) is 24.5 Å². The van der Waals surface area contributed by atoms with Crippen molar-refractivity contribution in [3.63, 3.8) is 0 Å². The molecule has 1 aliphatic heterocycles. The number of nitrogens with one attached hydrogen (secondary N) is 1. The van der Waals surface area contributed by atoms with Crippen LogP contribution in [0, 0.1) is 5.92 Å². The minimum Gasteiger partial charge on any atom is -0.475 e. The maximum atomic E-state index is 6.23. The number of rotatable bonds is 7. The van der Waals surface area contributed by atoms with Crippen LogP contribution in [-0.4, -0.2) is 46.4 Å². The van der Waals surface area contributed by atoms with E-state index in [9.17, 15) is 0 Å². The Kier molecular flexibility index (Phi) is 6.67. The minimum absolute atomic E-state index is 0.0125. The van der Waals surface area contributed by atoms with Gasteiger partial charge in [-0.3, -0.25) is 0 Å². The molecule has 0 radical (unpaired) electrons. The highest BCUT2D eigenvalue weighted by molar-refractivity contribution is 5.68. The molecule has 1 atom stereocenters. The van der Waals surface area contributed by atoms with E-state index < -0.39 is 0 Å². The summed E-state index contributed by atoms with van der Waals surface area (Å²) in [5, 5.41) is 3.51. The summed E-state index contributed by atoms with van der Waals surface area (Å²) < 4.78 is 17.4. The van der Waals surface area contributed by atoms with E-state index in [0.717, 1.165) is 42.9 Å². The standard InChI is InChI=1S/C23H32N4O3/c1-15(2)29-21-9-6-17(12-24-21)20-13-25-23(26-18-7-4-16(3)5-8-18)27-22(20)30-19-10-11-28-14-19/h6,9,12-13,15-16,18-19H,4-5,7-8,10-11,14H2,1-3H3,(H,25,26,27). The number of hydrogen-bond acceptors (Lipinski definition) is 7. The van der Waals surface area contributed by atoms with E-state index in [1.165, 1.54) is 12.8 Å². The lowest BCUT2D eigenvalue weighted by atomic mass is 9.87. The first-order valence-electron chi connectivity index (χ1n) is 11.1. The molecule has 0 aromatic carbocycles. The molecule has 1 unspecified atom stereocenters. The van der Waals surface area contributed by atoms with E-state index in [-0.39, 0.29) is 12.2 Å². The summed E-state index contributed by atoms with van der Waals surface area (Å²) in [5.41, 5.74) is 1.73. The largest absolute Gasteiger partial charge is 0.475 e. The van der Waals surface area contributed by atoms with E-state index >= 15 is 0 Å². The predicted molar refractivity (Wildman–Crippen MR) is 116 cm³/mol. The van der Waals surface area contributed by atoms with Gasteiger partial charge in [0.15, 0.2) is 0 Å². The molecular formula is C23H32N4O3. The molecule has 1 N–H and O–H groups in total. The third kappa shape index (κ3) is 5.39. The van der Waals surface area contributed by atoms with Crippen LogP contribution in [0.5, 0.6) is 11.8 Å². The third-order valence-electron chi connectivity index (χ3n) is 5.67. The molecule has 7 heteroatoms. The van der Waals surface area contributed by atoms with E-state index in [0.29, 0.717) is 30.4 Å². The quantitative estimate of drug-likeness (QED) is 0.718. The monoisotopic (exact) mass is 412 g/mol. The van der Waals surface area contributed by atoms with Gasteiger partial charge < -0.3 is 19.5 Å². The van der Waals surface area contributed by atoms with Gasteiger partial charge in [0.25, 0.3) is 0 Å². The molecule has 2 aromatic heterocycles. The highest BCUT2D eigenvalue weighted by Gasteiger charge is 2.23. The fourth-order valence-corrected chi connectivity index (χ4v) is 3.93. The van der Waals surface area contributed by atoms with Crippen molar-refractivity contribution in [2.75, 3.05) is 18.5 Å². The molecule has 2 aromatic rings. The zero-order chi connectivity index (χ0) is 20.9. The van der Waals surface area contributed by atoms with Crippen LogP contribution in [0.15, 0.2) is 24.5 Å². The van der Waals surface area contributed by atoms with Gasteiger partial charge in [0.1, 0.15) is 6.10 Å². The normalized spacial score (nSPS) is 24.1. The summed E-state index contributed by atoms with van der Waals surface area (Å²) in [6.45, 7) is 7.60. The lowest BCUT2D eigenvalue weighted by Gasteiger charge is -2.27. The van der Waals surface area contributed by atoms with Crippen molar-refractivity contribution < 1.29 is 14.2 Å². The summed E-state index contributed by atoms with van der Waals surface area (Å²) >= 11 is 0. The average molecular weight is 413 g/mol. The number of hydrogen-bond donors (Lipinski definition) is 1. The molecule has 0 spiro atoms. The van der Waals surface area contributed by atoms with Crippen LogP contribution in [0.2, 0.25) is 0 Å². The topological polar surface area (TPSA) is 78.4 Å². The lowest BCUT2D eigenvalue weighted by molar-refractivity contribution is 0.138. The number of pyridine rings is 1. The first kappa shape index (κ1) is 20.8. The molecule has 2 aliphatic rings. The SMILES string of the molecule is CC1CCC(Nc2ncc(-c3ccc(OC(C)C)nc3)c(OC3CCOC3)n2)CC1. The smallest absolute Gasteiger partial charge is 0.226 e. The number of anilines is 1. The van der Waals surface area contributed by atoms with Gasteiger partial charge in [0, 0.05) is 36.5 Å². The summed E-state index contributed by atoms with van der Waals surface area (Å²) in [5.74, 6) is 2.61. The summed E-state index contributed by atoms with van der Waals surface area (Å²) in [7, 11) is 0. The second kappa shape index (κ2) is 9.60. The Bertz CT molecular complexity index is 814. The molecule has 3 heterocycles. The minimum atomic E-state index is 0.0125. The van der Waals surface area contributed by atoms with Crippen molar-refractivity contribution in [2.24, 2.45) is 5.92 Å². The number of ether oxygens (including phenoxy) is 3. The van der Waals surface area contributed by atoms with Gasteiger partial charge in [-0.05, 0) is 51.5 Å². The highest BCUT2D eigenvalue weighted by Crippen LogP contribution is 2.32. The Morgan fingerprint density at radius 2 is 1.90 bits per heavy atom. The van der Waals surface area contributed by atoms with Crippen molar-refractivity contribution in [3.8, 4) is 22.9 Å². The van der Waals surface area contributed by atoms with Gasteiger partial charge in [-0.1, -0.05) is 6.92 Å². The molecule has 30 heavy (non-hydrogen) atoms. The maximum Gasteiger partial charge on any atom is 0.226 e. The Hall–Kier alpha value is -2.41. The molecule has 7 nitrogen and oxygen atoms in total. The summed E-state index contributed by atoms with van der Waals surface area (Å²) in [4.78, 5) is 13.7. The summed E-state index contributed by atoms with van der Waals surface area (Å²) in [6, 6.07) is 4.26. The second-order valence-electron chi connectivity index (χ2n) is 8.67. The molecule has 1 aliphatic carbocycles. The fraction of sp³-hybridized carbons (Fsp3) is 0.609. The van der Waals surface area contributed by atoms with Gasteiger partial charge in [0.05, 0.1) is 24.9 Å². The van der Waals surface area contributed by atoms with Crippen molar-refractivity contribution >= 4 is 5.95 Å². The van der Waals surface area contributed by atoms with Gasteiger partial charge in [-0.2, -0.15) is 4.98 Å².